The summed E-state index contributed by atoms with van der Waals surface area (Å²) in [6.45, 7) is 3.00. The van der Waals surface area contributed by atoms with Crippen molar-refractivity contribution in [1.29, 1.82) is 0 Å². The molecule has 2 atom stereocenters. The summed E-state index contributed by atoms with van der Waals surface area (Å²) in [4.78, 5) is 22.5. The predicted molar refractivity (Wildman–Crippen MR) is 65.1 cm³/mol. The van der Waals surface area contributed by atoms with Crippen LogP contribution in [-0.2, 0) is 4.79 Å². The maximum absolute atomic E-state index is 13.6. The van der Waals surface area contributed by atoms with Gasteiger partial charge in [-0.1, -0.05) is 17.7 Å². The van der Waals surface area contributed by atoms with Gasteiger partial charge in [-0.3, -0.25) is 9.59 Å². The SMILES string of the molecule is CC(NC(=O)c1cccc(Cl)c1F)C(C)C(=O)O. The fraction of sp³-hybridized carbons (Fsp3) is 0.333. The topological polar surface area (TPSA) is 66.4 Å². The Balaban J connectivity index is 2.83. The highest BCUT2D eigenvalue weighted by Gasteiger charge is 2.23. The number of amides is 1. The van der Waals surface area contributed by atoms with Crippen molar-refractivity contribution in [2.75, 3.05) is 0 Å². The highest BCUT2D eigenvalue weighted by molar-refractivity contribution is 6.31. The molecule has 0 aromatic heterocycles. The summed E-state index contributed by atoms with van der Waals surface area (Å²) in [7, 11) is 0. The minimum Gasteiger partial charge on any atom is -0.481 e. The van der Waals surface area contributed by atoms with Crippen LogP contribution >= 0.6 is 11.6 Å². The minimum atomic E-state index is -1.03. The first-order chi connectivity index (χ1) is 8.34. The normalized spacial score (nSPS) is 13.8. The van der Waals surface area contributed by atoms with E-state index in [0.29, 0.717) is 0 Å². The highest BCUT2D eigenvalue weighted by Crippen LogP contribution is 2.18. The first-order valence-electron chi connectivity index (χ1n) is 5.32. The van der Waals surface area contributed by atoms with Gasteiger partial charge in [0, 0.05) is 6.04 Å². The summed E-state index contributed by atoms with van der Waals surface area (Å²) in [6.07, 6.45) is 0. The second-order valence-electron chi connectivity index (χ2n) is 3.99. The lowest BCUT2D eigenvalue weighted by Gasteiger charge is -2.18. The Morgan fingerprint density at radius 3 is 2.56 bits per heavy atom. The summed E-state index contributed by atoms with van der Waals surface area (Å²) >= 11 is 5.56. The van der Waals surface area contributed by atoms with Crippen LogP contribution in [0.15, 0.2) is 18.2 Å². The maximum Gasteiger partial charge on any atom is 0.308 e. The van der Waals surface area contributed by atoms with Gasteiger partial charge in [-0.25, -0.2) is 4.39 Å². The molecule has 0 saturated carbocycles. The van der Waals surface area contributed by atoms with E-state index in [0.717, 1.165) is 0 Å². The van der Waals surface area contributed by atoms with E-state index < -0.39 is 29.7 Å². The lowest BCUT2D eigenvalue weighted by Crippen LogP contribution is -2.40. The molecule has 1 amide bonds. The number of carboxylic acids is 1. The van der Waals surface area contributed by atoms with Crippen LogP contribution in [0.25, 0.3) is 0 Å². The Kier molecular flexibility index (Phi) is 4.67. The monoisotopic (exact) mass is 273 g/mol. The van der Waals surface area contributed by atoms with Crippen molar-refractivity contribution in [2.24, 2.45) is 5.92 Å². The first kappa shape index (κ1) is 14.4. The van der Waals surface area contributed by atoms with Gasteiger partial charge >= 0.3 is 5.97 Å². The number of hydrogen-bond acceptors (Lipinski definition) is 2. The number of hydrogen-bond donors (Lipinski definition) is 2. The zero-order valence-electron chi connectivity index (χ0n) is 9.91. The summed E-state index contributed by atoms with van der Waals surface area (Å²) in [5.41, 5.74) is -0.202. The van der Waals surface area contributed by atoms with Gasteiger partial charge in [-0.15, -0.1) is 0 Å². The van der Waals surface area contributed by atoms with E-state index in [1.165, 1.54) is 25.1 Å². The molecule has 0 fully saturated rings. The third-order valence-electron chi connectivity index (χ3n) is 2.69. The fourth-order valence-corrected chi connectivity index (χ4v) is 1.48. The molecular formula is C12H13ClFNO3. The second-order valence-corrected chi connectivity index (χ2v) is 4.40. The molecule has 2 N–H and O–H groups in total. The van der Waals surface area contributed by atoms with Crippen LogP contribution < -0.4 is 5.32 Å². The largest absolute Gasteiger partial charge is 0.481 e. The van der Waals surface area contributed by atoms with Gasteiger partial charge in [-0.2, -0.15) is 0 Å². The lowest BCUT2D eigenvalue weighted by molar-refractivity contribution is -0.141. The predicted octanol–water partition coefficient (Wildman–Crippen LogP) is 2.32. The zero-order valence-corrected chi connectivity index (χ0v) is 10.7. The number of carbonyl (C=O) groups is 2. The molecule has 0 heterocycles. The van der Waals surface area contributed by atoms with Gasteiger partial charge in [0.25, 0.3) is 5.91 Å². The number of benzene rings is 1. The second kappa shape index (κ2) is 5.82. The molecule has 2 unspecified atom stereocenters. The molecule has 0 aliphatic rings. The number of carboxylic acid groups (broad SMARTS) is 1. The van der Waals surface area contributed by atoms with Crippen LogP contribution in [0.3, 0.4) is 0 Å². The van der Waals surface area contributed by atoms with Crippen molar-refractivity contribution in [3.63, 3.8) is 0 Å². The van der Waals surface area contributed by atoms with Crippen molar-refractivity contribution < 1.29 is 19.1 Å². The molecule has 0 spiro atoms. The molecule has 0 aliphatic carbocycles. The molecule has 0 saturated heterocycles. The van der Waals surface area contributed by atoms with Gasteiger partial charge < -0.3 is 10.4 Å². The van der Waals surface area contributed by atoms with Gasteiger partial charge in [0.05, 0.1) is 16.5 Å². The molecule has 4 nitrogen and oxygen atoms in total. The van der Waals surface area contributed by atoms with Gasteiger partial charge in [-0.05, 0) is 26.0 Å². The van der Waals surface area contributed by atoms with Crippen LogP contribution in [-0.4, -0.2) is 23.0 Å². The molecule has 0 radical (unpaired) electrons. The Morgan fingerprint density at radius 2 is 2.00 bits per heavy atom. The number of halogens is 2. The van der Waals surface area contributed by atoms with Gasteiger partial charge in [0.15, 0.2) is 5.82 Å². The van der Waals surface area contributed by atoms with Crippen molar-refractivity contribution >= 4 is 23.5 Å². The number of nitrogens with one attached hydrogen (secondary N) is 1. The fourth-order valence-electron chi connectivity index (χ4n) is 1.30. The molecule has 1 rings (SSSR count). The minimum absolute atomic E-state index is 0.151. The average molecular weight is 274 g/mol. The Labute approximate surface area is 109 Å². The van der Waals surface area contributed by atoms with Crippen molar-refractivity contribution in [2.45, 2.75) is 19.9 Å². The molecule has 0 bridgehead atoms. The molecule has 98 valence electrons. The van der Waals surface area contributed by atoms with Crippen molar-refractivity contribution in [1.82, 2.24) is 5.32 Å². The van der Waals surface area contributed by atoms with E-state index in [4.69, 9.17) is 16.7 Å². The van der Waals surface area contributed by atoms with E-state index >= 15 is 0 Å². The van der Waals surface area contributed by atoms with Gasteiger partial charge in [0.1, 0.15) is 0 Å². The maximum atomic E-state index is 13.6. The Bertz CT molecular complexity index is 478. The molecule has 6 heteroatoms. The lowest BCUT2D eigenvalue weighted by atomic mass is 10.0. The molecule has 18 heavy (non-hydrogen) atoms. The number of aliphatic carboxylic acids is 1. The van der Waals surface area contributed by atoms with Crippen LogP contribution in [0.5, 0.6) is 0 Å². The number of rotatable bonds is 4. The molecule has 1 aromatic rings. The van der Waals surface area contributed by atoms with Crippen molar-refractivity contribution in [3.05, 3.63) is 34.6 Å². The van der Waals surface area contributed by atoms with Crippen LogP contribution in [0.4, 0.5) is 4.39 Å². The van der Waals surface area contributed by atoms with Crippen LogP contribution in [0, 0.1) is 11.7 Å². The van der Waals surface area contributed by atoms with Crippen LogP contribution in [0.1, 0.15) is 24.2 Å². The molecule has 0 aliphatic heterocycles. The summed E-state index contributed by atoms with van der Waals surface area (Å²) in [5.74, 6) is -3.30. The third kappa shape index (κ3) is 3.20. The Hall–Kier alpha value is -1.62. The molecular weight excluding hydrogens is 261 g/mol. The summed E-state index contributed by atoms with van der Waals surface area (Å²) in [6, 6.07) is 3.45. The highest BCUT2D eigenvalue weighted by atomic mass is 35.5. The van der Waals surface area contributed by atoms with Crippen molar-refractivity contribution in [3.8, 4) is 0 Å². The smallest absolute Gasteiger partial charge is 0.308 e. The van der Waals surface area contributed by atoms with E-state index in [2.05, 4.69) is 5.32 Å². The quantitative estimate of drug-likeness (QED) is 0.885. The average Bonchev–Trinajstić information content (AvgIpc) is 2.31. The van der Waals surface area contributed by atoms with E-state index in [1.54, 1.807) is 6.92 Å². The van der Waals surface area contributed by atoms with E-state index in [9.17, 15) is 14.0 Å². The van der Waals surface area contributed by atoms with Crippen LogP contribution in [0.2, 0.25) is 5.02 Å². The summed E-state index contributed by atoms with van der Waals surface area (Å²) < 4.78 is 13.6. The summed E-state index contributed by atoms with van der Waals surface area (Å²) in [5, 5.41) is 11.1. The van der Waals surface area contributed by atoms with Gasteiger partial charge in [0.2, 0.25) is 0 Å². The third-order valence-corrected chi connectivity index (χ3v) is 2.99. The standard InChI is InChI=1S/C12H13ClFNO3/c1-6(12(17)18)7(2)15-11(16)8-4-3-5-9(13)10(8)14/h3-7H,1-2H3,(H,15,16)(H,17,18). The number of carbonyl (C=O) groups excluding carboxylic acids is 1. The van der Waals surface area contributed by atoms with E-state index in [1.807, 2.05) is 0 Å². The first-order valence-corrected chi connectivity index (χ1v) is 5.70. The Morgan fingerprint density at radius 1 is 1.39 bits per heavy atom. The van der Waals surface area contributed by atoms with E-state index in [-0.39, 0.29) is 10.6 Å². The zero-order chi connectivity index (χ0) is 13.9. The molecule has 1 aromatic carbocycles.